The van der Waals surface area contributed by atoms with Crippen molar-refractivity contribution in [3.63, 3.8) is 0 Å². The fraction of sp³-hybridized carbons (Fsp3) is 0.667. The van der Waals surface area contributed by atoms with Gasteiger partial charge in [-0.05, 0) is 27.2 Å². The average Bonchev–Trinajstić information content (AvgIpc) is 2.60. The molecule has 0 spiro atoms. The topological polar surface area (TPSA) is 66.8 Å². The van der Waals surface area contributed by atoms with Crippen molar-refractivity contribution in [3.8, 4) is 0 Å². The van der Waals surface area contributed by atoms with Crippen LogP contribution in [0.15, 0.2) is 11.6 Å². The Morgan fingerprint density at radius 2 is 2.12 bits per heavy atom. The Bertz CT molecular complexity index is 341. The monoisotopic (exact) mass is 241 g/mol. The zero-order chi connectivity index (χ0) is 13.1. The normalized spacial score (nSPS) is 15.7. The van der Waals surface area contributed by atoms with Crippen molar-refractivity contribution in [3.05, 3.63) is 11.6 Å². The van der Waals surface area contributed by atoms with Gasteiger partial charge in [0.15, 0.2) is 0 Å². The van der Waals surface area contributed by atoms with E-state index >= 15 is 0 Å². The first-order valence-electron chi connectivity index (χ1n) is 5.65. The minimum atomic E-state index is -0.818. The Balaban J connectivity index is 2.37. The van der Waals surface area contributed by atoms with Gasteiger partial charge in [0, 0.05) is 19.5 Å². The number of ether oxygens (including phenoxy) is 1. The van der Waals surface area contributed by atoms with E-state index in [4.69, 9.17) is 9.84 Å². The Labute approximate surface area is 101 Å². The number of carboxylic acids is 1. The highest BCUT2D eigenvalue weighted by atomic mass is 16.6. The molecule has 5 nitrogen and oxygen atoms in total. The predicted octanol–water partition coefficient (Wildman–Crippen LogP) is 2.03. The van der Waals surface area contributed by atoms with Crippen molar-refractivity contribution in [2.24, 2.45) is 0 Å². The Morgan fingerprint density at radius 3 is 2.65 bits per heavy atom. The maximum Gasteiger partial charge on any atom is 0.410 e. The van der Waals surface area contributed by atoms with Crippen LogP contribution in [-0.2, 0) is 9.53 Å². The van der Waals surface area contributed by atoms with Crippen LogP contribution < -0.4 is 0 Å². The smallest absolute Gasteiger partial charge is 0.410 e. The number of carbonyl (C=O) groups excluding carboxylic acids is 1. The standard InChI is InChI=1S/C12H19NO4/c1-12(2,3)17-11(16)13-7-6-9(8-13)4-5-10(14)15/h6H,4-5,7-8H2,1-3H3,(H,14,15). The second-order valence-electron chi connectivity index (χ2n) is 5.12. The van der Waals surface area contributed by atoms with Gasteiger partial charge in [-0.1, -0.05) is 11.6 Å². The van der Waals surface area contributed by atoms with Gasteiger partial charge in [-0.3, -0.25) is 4.79 Å². The molecule has 0 aliphatic carbocycles. The van der Waals surface area contributed by atoms with Crippen LogP contribution in [0.2, 0.25) is 0 Å². The molecule has 1 amide bonds. The molecule has 0 saturated heterocycles. The molecule has 0 unspecified atom stereocenters. The van der Waals surface area contributed by atoms with Crippen LogP contribution >= 0.6 is 0 Å². The molecule has 1 heterocycles. The average molecular weight is 241 g/mol. The summed E-state index contributed by atoms with van der Waals surface area (Å²) in [7, 11) is 0. The quantitative estimate of drug-likeness (QED) is 0.768. The van der Waals surface area contributed by atoms with E-state index in [1.807, 2.05) is 26.8 Å². The van der Waals surface area contributed by atoms with Gasteiger partial charge in [-0.15, -0.1) is 0 Å². The van der Waals surface area contributed by atoms with E-state index in [1.165, 1.54) is 0 Å². The van der Waals surface area contributed by atoms with Crippen molar-refractivity contribution in [2.45, 2.75) is 39.2 Å². The second-order valence-corrected chi connectivity index (χ2v) is 5.12. The molecule has 0 aromatic heterocycles. The Hall–Kier alpha value is -1.52. The highest BCUT2D eigenvalue weighted by molar-refractivity contribution is 5.70. The molecule has 0 fully saturated rings. The van der Waals surface area contributed by atoms with Crippen molar-refractivity contribution in [1.29, 1.82) is 0 Å². The van der Waals surface area contributed by atoms with Gasteiger partial charge in [-0.2, -0.15) is 0 Å². The van der Waals surface area contributed by atoms with Crippen molar-refractivity contribution < 1.29 is 19.4 Å². The lowest BCUT2D eigenvalue weighted by molar-refractivity contribution is -0.136. The number of hydrogen-bond acceptors (Lipinski definition) is 3. The van der Waals surface area contributed by atoms with Crippen LogP contribution in [0.3, 0.4) is 0 Å². The molecule has 1 N–H and O–H groups in total. The lowest BCUT2D eigenvalue weighted by atomic mass is 10.1. The molecule has 0 bridgehead atoms. The lowest BCUT2D eigenvalue weighted by Gasteiger charge is -2.24. The van der Waals surface area contributed by atoms with Gasteiger partial charge >= 0.3 is 12.1 Å². The highest BCUT2D eigenvalue weighted by Gasteiger charge is 2.25. The van der Waals surface area contributed by atoms with E-state index in [0.717, 1.165) is 5.57 Å². The fourth-order valence-electron chi connectivity index (χ4n) is 1.53. The van der Waals surface area contributed by atoms with Crippen LogP contribution in [-0.4, -0.2) is 40.8 Å². The Morgan fingerprint density at radius 1 is 1.47 bits per heavy atom. The summed E-state index contributed by atoms with van der Waals surface area (Å²) in [5.41, 5.74) is 0.485. The number of rotatable bonds is 3. The number of nitrogens with zero attached hydrogens (tertiary/aromatic N) is 1. The summed E-state index contributed by atoms with van der Waals surface area (Å²) in [6, 6.07) is 0. The van der Waals surface area contributed by atoms with Crippen LogP contribution in [0.4, 0.5) is 4.79 Å². The molecule has 0 aromatic rings. The molecule has 1 aliphatic rings. The third kappa shape index (κ3) is 4.89. The zero-order valence-electron chi connectivity index (χ0n) is 10.5. The van der Waals surface area contributed by atoms with E-state index in [-0.39, 0.29) is 12.5 Å². The summed E-state index contributed by atoms with van der Waals surface area (Å²) in [5.74, 6) is -0.818. The maximum atomic E-state index is 11.7. The molecular weight excluding hydrogens is 222 g/mol. The van der Waals surface area contributed by atoms with Crippen molar-refractivity contribution in [1.82, 2.24) is 4.90 Å². The number of amides is 1. The first kappa shape index (κ1) is 13.5. The van der Waals surface area contributed by atoms with Crippen LogP contribution in [0, 0.1) is 0 Å². The summed E-state index contributed by atoms with van der Waals surface area (Å²) >= 11 is 0. The third-order valence-electron chi connectivity index (χ3n) is 2.31. The minimum Gasteiger partial charge on any atom is -0.481 e. The van der Waals surface area contributed by atoms with Crippen molar-refractivity contribution >= 4 is 12.1 Å². The number of carboxylic acid groups (broad SMARTS) is 1. The van der Waals surface area contributed by atoms with E-state index in [9.17, 15) is 9.59 Å². The molecule has 1 aliphatic heterocycles. The first-order chi connectivity index (χ1) is 7.78. The van der Waals surface area contributed by atoms with Crippen LogP contribution in [0.1, 0.15) is 33.6 Å². The zero-order valence-corrected chi connectivity index (χ0v) is 10.5. The largest absolute Gasteiger partial charge is 0.481 e. The molecular formula is C12H19NO4. The van der Waals surface area contributed by atoms with E-state index in [2.05, 4.69) is 0 Å². The van der Waals surface area contributed by atoms with Gasteiger partial charge in [0.2, 0.25) is 0 Å². The number of aliphatic carboxylic acids is 1. The lowest BCUT2D eigenvalue weighted by Crippen LogP contribution is -2.35. The van der Waals surface area contributed by atoms with Gasteiger partial charge in [0.05, 0.1) is 0 Å². The summed E-state index contributed by atoms with van der Waals surface area (Å²) in [4.78, 5) is 23.7. The molecule has 0 radical (unpaired) electrons. The van der Waals surface area contributed by atoms with Gasteiger partial charge in [0.1, 0.15) is 5.60 Å². The van der Waals surface area contributed by atoms with Crippen LogP contribution in [0.25, 0.3) is 0 Å². The second kappa shape index (κ2) is 5.21. The SMILES string of the molecule is CC(C)(C)OC(=O)N1CC=C(CCC(=O)O)C1. The predicted molar refractivity (Wildman–Crippen MR) is 62.8 cm³/mol. The van der Waals surface area contributed by atoms with Crippen LogP contribution in [0.5, 0.6) is 0 Å². The number of carbonyl (C=O) groups is 2. The summed E-state index contributed by atoms with van der Waals surface area (Å²) in [6.07, 6.45) is 2.15. The summed E-state index contributed by atoms with van der Waals surface area (Å²) in [5, 5.41) is 8.57. The van der Waals surface area contributed by atoms with Crippen molar-refractivity contribution in [2.75, 3.05) is 13.1 Å². The van der Waals surface area contributed by atoms with E-state index in [1.54, 1.807) is 4.90 Å². The summed E-state index contributed by atoms with van der Waals surface area (Å²) in [6.45, 7) is 6.44. The molecule has 0 aromatic carbocycles. The first-order valence-corrected chi connectivity index (χ1v) is 5.65. The Kier molecular flexibility index (Phi) is 4.15. The fourth-order valence-corrected chi connectivity index (χ4v) is 1.53. The molecule has 1 rings (SSSR count). The van der Waals surface area contributed by atoms with E-state index in [0.29, 0.717) is 19.5 Å². The molecule has 17 heavy (non-hydrogen) atoms. The third-order valence-corrected chi connectivity index (χ3v) is 2.31. The van der Waals surface area contributed by atoms with Gasteiger partial charge in [-0.25, -0.2) is 4.79 Å². The molecule has 5 heteroatoms. The maximum absolute atomic E-state index is 11.7. The van der Waals surface area contributed by atoms with Gasteiger partial charge in [0.25, 0.3) is 0 Å². The summed E-state index contributed by atoms with van der Waals surface area (Å²) < 4.78 is 5.23. The van der Waals surface area contributed by atoms with E-state index < -0.39 is 11.6 Å². The molecule has 0 saturated carbocycles. The molecule has 96 valence electrons. The highest BCUT2D eigenvalue weighted by Crippen LogP contribution is 2.17. The minimum absolute atomic E-state index is 0.105. The molecule has 0 atom stereocenters. The van der Waals surface area contributed by atoms with Gasteiger partial charge < -0.3 is 14.7 Å². The number of hydrogen-bond donors (Lipinski definition) is 1.